The maximum atomic E-state index is 4.34. The zero-order valence-electron chi connectivity index (χ0n) is 8.38. The molecular formula is C10H13N4+. The van der Waals surface area contributed by atoms with Crippen LogP contribution in [0.4, 0.5) is 0 Å². The lowest BCUT2D eigenvalue weighted by molar-refractivity contribution is -0.689. The van der Waals surface area contributed by atoms with E-state index in [2.05, 4.69) is 14.6 Å². The molecule has 0 amide bonds. The molecule has 0 aliphatic heterocycles. The molecule has 2 aromatic heterocycles. The van der Waals surface area contributed by atoms with Crippen LogP contribution in [0.1, 0.15) is 11.6 Å². The Bertz CT molecular complexity index is 419. The molecule has 0 aliphatic rings. The van der Waals surface area contributed by atoms with Crippen molar-refractivity contribution in [3.05, 3.63) is 42.2 Å². The molecule has 0 atom stereocenters. The zero-order valence-corrected chi connectivity index (χ0v) is 8.38. The molecule has 2 heterocycles. The van der Waals surface area contributed by atoms with Gasteiger partial charge in [0.1, 0.15) is 5.82 Å². The van der Waals surface area contributed by atoms with E-state index < -0.39 is 0 Å². The zero-order chi connectivity index (χ0) is 9.97. The van der Waals surface area contributed by atoms with Crippen LogP contribution in [0, 0.1) is 6.92 Å². The second-order valence-corrected chi connectivity index (χ2v) is 3.25. The minimum atomic E-state index is 0.762. The molecule has 4 heteroatoms. The number of aromatic nitrogens is 4. The van der Waals surface area contributed by atoms with Crippen molar-refractivity contribution in [2.75, 3.05) is 0 Å². The smallest absolute Gasteiger partial charge is 0.207 e. The van der Waals surface area contributed by atoms with Crippen LogP contribution in [-0.4, -0.2) is 14.8 Å². The van der Waals surface area contributed by atoms with Crippen molar-refractivity contribution in [1.29, 1.82) is 0 Å². The predicted molar refractivity (Wildman–Crippen MR) is 51.5 cm³/mol. The highest BCUT2D eigenvalue weighted by molar-refractivity contribution is 4.89. The average molecular weight is 189 g/mol. The first-order valence-corrected chi connectivity index (χ1v) is 4.56. The number of hydrogen-bond donors (Lipinski definition) is 0. The number of rotatable bonds is 2. The number of pyridine rings is 1. The molecule has 4 nitrogen and oxygen atoms in total. The van der Waals surface area contributed by atoms with Crippen molar-refractivity contribution >= 4 is 0 Å². The summed E-state index contributed by atoms with van der Waals surface area (Å²) in [5.74, 6) is 1.79. The fourth-order valence-electron chi connectivity index (χ4n) is 1.40. The van der Waals surface area contributed by atoms with Gasteiger partial charge in [-0.2, -0.15) is 9.67 Å². The van der Waals surface area contributed by atoms with Crippen molar-refractivity contribution in [3.8, 4) is 0 Å². The highest BCUT2D eigenvalue weighted by atomic mass is 15.3. The van der Waals surface area contributed by atoms with Crippen molar-refractivity contribution in [1.82, 2.24) is 14.8 Å². The highest BCUT2D eigenvalue weighted by Gasteiger charge is 2.08. The summed E-state index contributed by atoms with van der Waals surface area (Å²) in [7, 11) is 1.92. The second kappa shape index (κ2) is 3.57. The Labute approximate surface area is 82.8 Å². The number of hydrogen-bond acceptors (Lipinski definition) is 2. The van der Waals surface area contributed by atoms with Gasteiger partial charge in [-0.15, -0.1) is 0 Å². The second-order valence-electron chi connectivity index (χ2n) is 3.25. The molecule has 2 aromatic rings. The third-order valence-corrected chi connectivity index (χ3v) is 2.06. The molecule has 0 aromatic carbocycles. The van der Waals surface area contributed by atoms with Gasteiger partial charge in [0.2, 0.25) is 6.54 Å². The van der Waals surface area contributed by atoms with Crippen LogP contribution in [0.2, 0.25) is 0 Å². The van der Waals surface area contributed by atoms with E-state index in [-0.39, 0.29) is 0 Å². The molecule has 0 bridgehead atoms. The van der Waals surface area contributed by atoms with Crippen LogP contribution in [0.15, 0.2) is 30.6 Å². The average Bonchev–Trinajstić information content (AvgIpc) is 2.47. The predicted octanol–water partition coefficient (Wildman–Crippen LogP) is 0.459. The molecule has 72 valence electrons. The molecule has 0 unspecified atom stereocenters. The lowest BCUT2D eigenvalue weighted by Crippen LogP contribution is -2.34. The third-order valence-electron chi connectivity index (χ3n) is 2.06. The number of aryl methyl sites for hydroxylation is 2. The lowest BCUT2D eigenvalue weighted by atomic mass is 10.4. The van der Waals surface area contributed by atoms with E-state index in [9.17, 15) is 0 Å². The third kappa shape index (κ3) is 1.79. The Kier molecular flexibility index (Phi) is 2.26. The molecule has 0 spiro atoms. The quantitative estimate of drug-likeness (QED) is 0.643. The van der Waals surface area contributed by atoms with Crippen LogP contribution in [0.5, 0.6) is 0 Å². The minimum absolute atomic E-state index is 0.762. The van der Waals surface area contributed by atoms with Crippen LogP contribution < -0.4 is 4.57 Å². The molecule has 2 rings (SSSR count). The number of nitrogens with zero attached hydrogens (tertiary/aromatic N) is 4. The standard InChI is InChI=1S/C10H13N4/c1-9-11-10(13(2)12-9)8-14-6-4-3-5-7-14/h3-7H,8H2,1-2H3/q+1. The summed E-state index contributed by atoms with van der Waals surface area (Å²) in [4.78, 5) is 4.34. The molecule has 0 saturated carbocycles. The first-order chi connectivity index (χ1) is 6.75. The van der Waals surface area contributed by atoms with E-state index in [4.69, 9.17) is 0 Å². The first-order valence-electron chi connectivity index (χ1n) is 4.56. The Morgan fingerprint density at radius 1 is 1.29 bits per heavy atom. The minimum Gasteiger partial charge on any atom is -0.247 e. The van der Waals surface area contributed by atoms with Gasteiger partial charge >= 0.3 is 0 Å². The molecule has 0 radical (unpaired) electrons. The molecule has 14 heavy (non-hydrogen) atoms. The van der Waals surface area contributed by atoms with Gasteiger partial charge in [0.15, 0.2) is 18.2 Å². The van der Waals surface area contributed by atoms with Gasteiger partial charge in [0.05, 0.1) is 0 Å². The van der Waals surface area contributed by atoms with E-state index in [0.717, 1.165) is 18.2 Å². The molecule has 0 N–H and O–H groups in total. The van der Waals surface area contributed by atoms with Gasteiger partial charge in [-0.3, -0.25) is 0 Å². The molecular weight excluding hydrogens is 176 g/mol. The maximum Gasteiger partial charge on any atom is 0.207 e. The van der Waals surface area contributed by atoms with Crippen LogP contribution in [-0.2, 0) is 13.6 Å². The summed E-state index contributed by atoms with van der Waals surface area (Å²) in [6.07, 6.45) is 4.04. The summed E-state index contributed by atoms with van der Waals surface area (Å²) < 4.78 is 3.89. The van der Waals surface area contributed by atoms with E-state index in [1.807, 2.05) is 49.2 Å². The van der Waals surface area contributed by atoms with Crippen molar-refractivity contribution in [2.24, 2.45) is 7.05 Å². The summed E-state index contributed by atoms with van der Waals surface area (Å²) in [5.41, 5.74) is 0. The first kappa shape index (κ1) is 8.87. The Morgan fingerprint density at radius 2 is 2.00 bits per heavy atom. The fourth-order valence-corrected chi connectivity index (χ4v) is 1.40. The van der Waals surface area contributed by atoms with E-state index >= 15 is 0 Å². The topological polar surface area (TPSA) is 34.6 Å². The van der Waals surface area contributed by atoms with Gasteiger partial charge in [0, 0.05) is 19.2 Å². The van der Waals surface area contributed by atoms with Gasteiger partial charge in [-0.25, -0.2) is 9.67 Å². The fraction of sp³-hybridized carbons (Fsp3) is 0.300. The monoisotopic (exact) mass is 189 g/mol. The highest BCUT2D eigenvalue weighted by Crippen LogP contribution is 1.94. The molecule has 0 aliphatic carbocycles. The van der Waals surface area contributed by atoms with E-state index in [1.54, 1.807) is 0 Å². The van der Waals surface area contributed by atoms with E-state index in [0.29, 0.717) is 0 Å². The van der Waals surface area contributed by atoms with E-state index in [1.165, 1.54) is 0 Å². The summed E-state index contributed by atoms with van der Waals surface area (Å²) in [6, 6.07) is 6.00. The Hall–Kier alpha value is -1.71. The van der Waals surface area contributed by atoms with Gasteiger partial charge in [-0.1, -0.05) is 6.07 Å². The van der Waals surface area contributed by atoms with Crippen LogP contribution in [0.3, 0.4) is 0 Å². The van der Waals surface area contributed by atoms with Crippen molar-refractivity contribution < 1.29 is 4.57 Å². The van der Waals surface area contributed by atoms with Gasteiger partial charge < -0.3 is 0 Å². The lowest BCUT2D eigenvalue weighted by Gasteiger charge is -1.95. The largest absolute Gasteiger partial charge is 0.247 e. The Balaban J connectivity index is 2.23. The van der Waals surface area contributed by atoms with Gasteiger partial charge in [-0.05, 0) is 6.92 Å². The maximum absolute atomic E-state index is 4.34. The summed E-state index contributed by atoms with van der Waals surface area (Å²) >= 11 is 0. The van der Waals surface area contributed by atoms with Crippen LogP contribution >= 0.6 is 0 Å². The van der Waals surface area contributed by atoms with Crippen molar-refractivity contribution in [2.45, 2.75) is 13.5 Å². The summed E-state index contributed by atoms with van der Waals surface area (Å²) in [5, 5.41) is 4.20. The van der Waals surface area contributed by atoms with Crippen LogP contribution in [0.25, 0.3) is 0 Å². The SMILES string of the molecule is Cc1nc(C[n+]2ccccc2)n(C)n1. The van der Waals surface area contributed by atoms with Crippen molar-refractivity contribution in [3.63, 3.8) is 0 Å². The molecule has 0 saturated heterocycles. The summed E-state index contributed by atoms with van der Waals surface area (Å²) in [6.45, 7) is 2.66. The Morgan fingerprint density at radius 3 is 2.57 bits per heavy atom. The molecule has 0 fully saturated rings. The normalized spacial score (nSPS) is 10.4. The van der Waals surface area contributed by atoms with Gasteiger partial charge in [0.25, 0.3) is 0 Å².